The van der Waals surface area contributed by atoms with Crippen LogP contribution in [0.2, 0.25) is 5.02 Å². The van der Waals surface area contributed by atoms with Crippen molar-refractivity contribution in [2.45, 2.75) is 0 Å². The molecule has 1 N–H and O–H groups in total. The summed E-state index contributed by atoms with van der Waals surface area (Å²) in [6, 6.07) is 7.92. The molecule has 2 aliphatic heterocycles. The smallest absolute Gasteiger partial charge is 0.103 e. The standard InChI is InChI=1S/C13H14ClN3/c14-12-2-1-3-13(11(12)4-15)17-7-9-5-16-6-10(9)8-17/h1-3,9-10,16H,5-8H2. The highest BCUT2D eigenvalue weighted by Crippen LogP contribution is 2.34. The van der Waals surface area contributed by atoms with Gasteiger partial charge in [0.1, 0.15) is 6.07 Å². The Morgan fingerprint density at radius 3 is 2.65 bits per heavy atom. The van der Waals surface area contributed by atoms with E-state index in [-0.39, 0.29) is 0 Å². The Balaban J connectivity index is 1.91. The van der Waals surface area contributed by atoms with Gasteiger partial charge in [0.2, 0.25) is 0 Å². The number of nitrogens with one attached hydrogen (secondary N) is 1. The van der Waals surface area contributed by atoms with E-state index in [0.717, 1.165) is 43.7 Å². The Hall–Kier alpha value is -1.24. The molecule has 2 atom stereocenters. The zero-order valence-electron chi connectivity index (χ0n) is 9.49. The fourth-order valence-electron chi connectivity index (χ4n) is 2.94. The summed E-state index contributed by atoms with van der Waals surface area (Å²) in [5.74, 6) is 1.45. The number of hydrogen-bond acceptors (Lipinski definition) is 3. The summed E-state index contributed by atoms with van der Waals surface area (Å²) in [5, 5.41) is 13.2. The van der Waals surface area contributed by atoms with Gasteiger partial charge in [-0.3, -0.25) is 0 Å². The molecule has 0 bridgehead atoms. The molecule has 1 aromatic carbocycles. The van der Waals surface area contributed by atoms with Crippen molar-refractivity contribution in [2.24, 2.45) is 11.8 Å². The van der Waals surface area contributed by atoms with Crippen LogP contribution in [0.25, 0.3) is 0 Å². The molecule has 17 heavy (non-hydrogen) atoms. The number of benzene rings is 1. The lowest BCUT2D eigenvalue weighted by atomic mass is 10.0. The summed E-state index contributed by atoms with van der Waals surface area (Å²) in [6.45, 7) is 4.27. The summed E-state index contributed by atoms with van der Waals surface area (Å²) >= 11 is 6.07. The number of anilines is 1. The lowest BCUT2D eigenvalue weighted by Crippen LogP contribution is -2.26. The third-order valence-corrected chi connectivity index (χ3v) is 4.15. The fourth-order valence-corrected chi connectivity index (χ4v) is 3.15. The molecule has 2 fully saturated rings. The highest BCUT2D eigenvalue weighted by atomic mass is 35.5. The summed E-state index contributed by atoms with van der Waals surface area (Å²) < 4.78 is 0. The molecule has 2 unspecified atom stereocenters. The van der Waals surface area contributed by atoms with E-state index in [1.165, 1.54) is 0 Å². The van der Waals surface area contributed by atoms with Crippen molar-refractivity contribution in [2.75, 3.05) is 31.1 Å². The van der Waals surface area contributed by atoms with E-state index >= 15 is 0 Å². The molecule has 2 heterocycles. The molecule has 0 radical (unpaired) electrons. The maximum atomic E-state index is 9.19. The molecule has 0 aliphatic carbocycles. The van der Waals surface area contributed by atoms with Crippen LogP contribution < -0.4 is 10.2 Å². The number of halogens is 1. The summed E-state index contributed by atoms with van der Waals surface area (Å²) in [7, 11) is 0. The zero-order valence-corrected chi connectivity index (χ0v) is 10.2. The van der Waals surface area contributed by atoms with Crippen molar-refractivity contribution in [1.82, 2.24) is 5.32 Å². The summed E-state index contributed by atoms with van der Waals surface area (Å²) in [5.41, 5.74) is 1.61. The predicted octanol–water partition coefficient (Wildman–Crippen LogP) is 1.87. The van der Waals surface area contributed by atoms with Crippen molar-refractivity contribution >= 4 is 17.3 Å². The average Bonchev–Trinajstić information content (AvgIpc) is 2.88. The van der Waals surface area contributed by atoms with Gasteiger partial charge in [-0.25, -0.2) is 0 Å². The third kappa shape index (κ3) is 1.78. The van der Waals surface area contributed by atoms with Crippen LogP contribution in [0.3, 0.4) is 0 Å². The SMILES string of the molecule is N#Cc1c(Cl)cccc1N1CC2CNCC2C1. The van der Waals surface area contributed by atoms with Gasteiger partial charge in [0, 0.05) is 26.2 Å². The second kappa shape index (κ2) is 4.21. The molecular formula is C13H14ClN3. The second-order valence-corrected chi connectivity index (χ2v) is 5.24. The molecule has 4 heteroatoms. The van der Waals surface area contributed by atoms with Gasteiger partial charge in [-0.2, -0.15) is 5.26 Å². The second-order valence-electron chi connectivity index (χ2n) is 4.83. The van der Waals surface area contributed by atoms with Gasteiger partial charge < -0.3 is 10.2 Å². The molecule has 0 saturated carbocycles. The Labute approximate surface area is 106 Å². The molecular weight excluding hydrogens is 234 g/mol. The van der Waals surface area contributed by atoms with E-state index in [1.807, 2.05) is 12.1 Å². The maximum absolute atomic E-state index is 9.19. The minimum Gasteiger partial charge on any atom is -0.370 e. The first-order valence-corrected chi connectivity index (χ1v) is 6.31. The Bertz CT molecular complexity index is 468. The molecule has 0 aromatic heterocycles. The van der Waals surface area contributed by atoms with Gasteiger partial charge in [0.05, 0.1) is 16.3 Å². The highest BCUT2D eigenvalue weighted by Gasteiger charge is 2.36. The van der Waals surface area contributed by atoms with Gasteiger partial charge >= 0.3 is 0 Å². The first kappa shape index (κ1) is 10.9. The maximum Gasteiger partial charge on any atom is 0.103 e. The highest BCUT2D eigenvalue weighted by molar-refractivity contribution is 6.32. The van der Waals surface area contributed by atoms with Crippen molar-refractivity contribution in [3.05, 3.63) is 28.8 Å². The first-order chi connectivity index (χ1) is 8.29. The lowest BCUT2D eigenvalue weighted by molar-refractivity contribution is 0.533. The van der Waals surface area contributed by atoms with E-state index in [0.29, 0.717) is 10.6 Å². The van der Waals surface area contributed by atoms with Crippen molar-refractivity contribution in [1.29, 1.82) is 5.26 Å². The lowest BCUT2D eigenvalue weighted by Gasteiger charge is -2.21. The van der Waals surface area contributed by atoms with Crippen LogP contribution in [0.4, 0.5) is 5.69 Å². The monoisotopic (exact) mass is 247 g/mol. The number of rotatable bonds is 1. The van der Waals surface area contributed by atoms with E-state index in [1.54, 1.807) is 6.07 Å². The normalized spacial score (nSPS) is 26.9. The van der Waals surface area contributed by atoms with Crippen LogP contribution in [0, 0.1) is 23.2 Å². The van der Waals surface area contributed by atoms with Crippen LogP contribution in [-0.2, 0) is 0 Å². The molecule has 0 spiro atoms. The average molecular weight is 248 g/mol. The van der Waals surface area contributed by atoms with E-state index in [4.69, 9.17) is 11.6 Å². The minimum atomic E-state index is 0.556. The van der Waals surface area contributed by atoms with Gasteiger partial charge in [-0.05, 0) is 24.0 Å². The van der Waals surface area contributed by atoms with E-state index in [9.17, 15) is 5.26 Å². The van der Waals surface area contributed by atoms with Gasteiger partial charge in [0.15, 0.2) is 0 Å². The van der Waals surface area contributed by atoms with Crippen LogP contribution in [0.1, 0.15) is 5.56 Å². The van der Waals surface area contributed by atoms with E-state index < -0.39 is 0 Å². The Morgan fingerprint density at radius 1 is 1.29 bits per heavy atom. The number of fused-ring (bicyclic) bond motifs is 1. The third-order valence-electron chi connectivity index (χ3n) is 3.83. The predicted molar refractivity (Wildman–Crippen MR) is 68.2 cm³/mol. The number of hydrogen-bond donors (Lipinski definition) is 1. The van der Waals surface area contributed by atoms with Crippen LogP contribution in [0.5, 0.6) is 0 Å². The quantitative estimate of drug-likeness (QED) is 0.824. The topological polar surface area (TPSA) is 39.1 Å². The van der Waals surface area contributed by atoms with Crippen LogP contribution >= 0.6 is 11.6 Å². The molecule has 2 saturated heterocycles. The first-order valence-electron chi connectivity index (χ1n) is 5.94. The molecule has 2 aliphatic rings. The number of nitrogens with zero attached hydrogens (tertiary/aromatic N) is 2. The van der Waals surface area contributed by atoms with Gasteiger partial charge in [-0.15, -0.1) is 0 Å². The van der Waals surface area contributed by atoms with Gasteiger partial charge in [0.25, 0.3) is 0 Å². The Morgan fingerprint density at radius 2 is 2.00 bits per heavy atom. The molecule has 1 aromatic rings. The Kier molecular flexibility index (Phi) is 2.70. The van der Waals surface area contributed by atoms with E-state index in [2.05, 4.69) is 16.3 Å². The van der Waals surface area contributed by atoms with Crippen LogP contribution in [0.15, 0.2) is 18.2 Å². The molecule has 0 amide bonds. The van der Waals surface area contributed by atoms with Crippen molar-refractivity contribution < 1.29 is 0 Å². The summed E-state index contributed by atoms with van der Waals surface area (Å²) in [6.07, 6.45) is 0. The van der Waals surface area contributed by atoms with Crippen molar-refractivity contribution in [3.63, 3.8) is 0 Å². The summed E-state index contributed by atoms with van der Waals surface area (Å²) in [4.78, 5) is 2.31. The zero-order chi connectivity index (χ0) is 11.8. The largest absolute Gasteiger partial charge is 0.370 e. The number of nitriles is 1. The molecule has 3 rings (SSSR count). The fraction of sp³-hybridized carbons (Fsp3) is 0.462. The van der Waals surface area contributed by atoms with Crippen molar-refractivity contribution in [3.8, 4) is 6.07 Å². The van der Waals surface area contributed by atoms with Crippen LogP contribution in [-0.4, -0.2) is 26.2 Å². The van der Waals surface area contributed by atoms with Gasteiger partial charge in [-0.1, -0.05) is 17.7 Å². The minimum absolute atomic E-state index is 0.556. The molecule has 3 nitrogen and oxygen atoms in total. The molecule has 88 valence electrons.